The lowest BCUT2D eigenvalue weighted by molar-refractivity contribution is -0.140. The smallest absolute Gasteiger partial charge is 0.331 e. The number of aromatic nitrogens is 2. The molecule has 33 heavy (non-hydrogen) atoms. The van der Waals surface area contributed by atoms with Crippen molar-refractivity contribution < 1.29 is 23.5 Å². The summed E-state index contributed by atoms with van der Waals surface area (Å²) in [4.78, 5) is 37.1. The Balaban J connectivity index is 1.64. The van der Waals surface area contributed by atoms with Crippen LogP contribution in [-0.4, -0.2) is 33.5 Å². The van der Waals surface area contributed by atoms with Crippen LogP contribution in [0.3, 0.4) is 0 Å². The van der Waals surface area contributed by atoms with Gasteiger partial charge in [-0.3, -0.25) is 9.59 Å². The van der Waals surface area contributed by atoms with Gasteiger partial charge in [-0.05, 0) is 56.3 Å². The van der Waals surface area contributed by atoms with E-state index in [0.717, 1.165) is 4.88 Å². The van der Waals surface area contributed by atoms with E-state index in [1.807, 2.05) is 0 Å². The lowest BCUT2D eigenvalue weighted by Gasteiger charge is -2.09. The van der Waals surface area contributed by atoms with Gasteiger partial charge in [-0.2, -0.15) is 5.10 Å². The van der Waals surface area contributed by atoms with Gasteiger partial charge in [0.1, 0.15) is 11.0 Å². The molecule has 2 heterocycles. The summed E-state index contributed by atoms with van der Waals surface area (Å²) in [7, 11) is 0. The molecule has 3 rings (SSSR count). The number of amides is 1. The number of halogens is 2. The van der Waals surface area contributed by atoms with Gasteiger partial charge in [0, 0.05) is 23.4 Å². The number of esters is 1. The Morgan fingerprint density at radius 2 is 1.94 bits per heavy atom. The van der Waals surface area contributed by atoms with Crippen molar-refractivity contribution >= 4 is 46.7 Å². The van der Waals surface area contributed by atoms with Gasteiger partial charge in [0.25, 0.3) is 0 Å². The highest BCUT2D eigenvalue weighted by Crippen LogP contribution is 2.25. The van der Waals surface area contributed by atoms with E-state index in [2.05, 4.69) is 10.4 Å². The molecule has 1 unspecified atom stereocenters. The van der Waals surface area contributed by atoms with Gasteiger partial charge >= 0.3 is 5.97 Å². The number of nitrogens with one attached hydrogen (secondary N) is 1. The van der Waals surface area contributed by atoms with Gasteiger partial charge in [-0.25, -0.2) is 13.9 Å². The standard InChI is InChI=1S/C23H21ClFN3O4S/c1-13-19(23(24)28(27-13)17-6-4-16(25)5-7-17)9-11-21(30)32-14(2)22(31)20-10-8-18(33-20)12-26-15(3)29/h4-11,14H,12H2,1-3H3,(H,26,29)/b11-9+. The van der Waals surface area contributed by atoms with Gasteiger partial charge in [0.15, 0.2) is 6.10 Å². The predicted octanol–water partition coefficient (Wildman–Crippen LogP) is 4.50. The molecule has 10 heteroatoms. The molecule has 0 aliphatic heterocycles. The highest BCUT2D eigenvalue weighted by Gasteiger charge is 2.21. The molecule has 172 valence electrons. The lowest BCUT2D eigenvalue weighted by atomic mass is 10.2. The highest BCUT2D eigenvalue weighted by molar-refractivity contribution is 7.14. The summed E-state index contributed by atoms with van der Waals surface area (Å²) in [5, 5.41) is 7.24. The van der Waals surface area contributed by atoms with E-state index in [9.17, 15) is 18.8 Å². The van der Waals surface area contributed by atoms with Crippen molar-refractivity contribution in [1.82, 2.24) is 15.1 Å². The third-order valence-corrected chi connectivity index (χ3v) is 6.05. The fraction of sp³-hybridized carbons (Fsp3) is 0.217. The van der Waals surface area contributed by atoms with Gasteiger partial charge < -0.3 is 10.1 Å². The number of carbonyl (C=O) groups excluding carboxylic acids is 3. The first kappa shape index (κ1) is 24.3. The van der Waals surface area contributed by atoms with E-state index < -0.39 is 12.1 Å². The predicted molar refractivity (Wildman–Crippen MR) is 124 cm³/mol. The van der Waals surface area contributed by atoms with Crippen LogP contribution in [0.1, 0.15) is 39.7 Å². The number of nitrogens with zero attached hydrogens (tertiary/aromatic N) is 2. The molecule has 2 aromatic heterocycles. The van der Waals surface area contributed by atoms with Crippen LogP contribution in [0.2, 0.25) is 5.15 Å². The molecular weight excluding hydrogens is 469 g/mol. The summed E-state index contributed by atoms with van der Waals surface area (Å²) in [6, 6.07) is 9.04. The summed E-state index contributed by atoms with van der Waals surface area (Å²) in [6.45, 7) is 4.96. The number of thiophene rings is 1. The number of benzene rings is 1. The largest absolute Gasteiger partial charge is 0.451 e. The monoisotopic (exact) mass is 489 g/mol. The maximum absolute atomic E-state index is 13.2. The molecule has 0 aliphatic rings. The number of ether oxygens (including phenoxy) is 1. The summed E-state index contributed by atoms with van der Waals surface area (Å²) >= 11 is 7.62. The third kappa shape index (κ3) is 6.15. The summed E-state index contributed by atoms with van der Waals surface area (Å²) < 4.78 is 19.8. The number of ketones is 1. The summed E-state index contributed by atoms with van der Waals surface area (Å²) in [6.07, 6.45) is 1.64. The zero-order chi connectivity index (χ0) is 24.1. The molecule has 1 amide bonds. The second-order valence-electron chi connectivity index (χ2n) is 7.13. The normalized spacial score (nSPS) is 12.0. The van der Waals surface area contributed by atoms with E-state index in [-0.39, 0.29) is 22.7 Å². The second-order valence-corrected chi connectivity index (χ2v) is 8.66. The van der Waals surface area contributed by atoms with Crippen molar-refractivity contribution in [3.63, 3.8) is 0 Å². The number of hydrogen-bond acceptors (Lipinski definition) is 6. The molecule has 0 saturated carbocycles. The van der Waals surface area contributed by atoms with E-state index in [1.165, 1.54) is 66.3 Å². The van der Waals surface area contributed by atoms with E-state index in [4.69, 9.17) is 16.3 Å². The van der Waals surface area contributed by atoms with Crippen molar-refractivity contribution in [3.05, 3.63) is 74.5 Å². The number of carbonyl (C=O) groups is 3. The maximum atomic E-state index is 13.2. The molecule has 1 atom stereocenters. The van der Waals surface area contributed by atoms with Crippen LogP contribution >= 0.6 is 22.9 Å². The number of Topliss-reactive ketones (excluding diaryl/α,β-unsaturated/α-hetero) is 1. The van der Waals surface area contributed by atoms with Gasteiger partial charge in [-0.15, -0.1) is 11.3 Å². The fourth-order valence-electron chi connectivity index (χ4n) is 2.89. The summed E-state index contributed by atoms with van der Waals surface area (Å²) in [5.41, 5.74) is 1.63. The van der Waals surface area contributed by atoms with Crippen LogP contribution in [0.5, 0.6) is 0 Å². The molecule has 0 fully saturated rings. The quantitative estimate of drug-likeness (QED) is 0.286. The molecule has 0 bridgehead atoms. The average molecular weight is 490 g/mol. The first-order valence-corrected chi connectivity index (χ1v) is 11.1. The van der Waals surface area contributed by atoms with Gasteiger partial charge in [-0.1, -0.05) is 11.6 Å². The van der Waals surface area contributed by atoms with Crippen molar-refractivity contribution in [2.45, 2.75) is 33.4 Å². The molecule has 0 spiro atoms. The maximum Gasteiger partial charge on any atom is 0.331 e. The Morgan fingerprint density at radius 3 is 2.61 bits per heavy atom. The van der Waals surface area contributed by atoms with E-state index >= 15 is 0 Å². The molecule has 1 aromatic carbocycles. The van der Waals surface area contributed by atoms with Gasteiger partial charge in [0.05, 0.1) is 22.8 Å². The van der Waals surface area contributed by atoms with Crippen LogP contribution < -0.4 is 5.32 Å². The molecule has 1 N–H and O–H groups in total. The minimum Gasteiger partial charge on any atom is -0.451 e. The Kier molecular flexibility index (Phi) is 7.78. The minimum absolute atomic E-state index is 0.163. The Labute approximate surface area is 198 Å². The second kappa shape index (κ2) is 10.5. The van der Waals surface area contributed by atoms with Crippen LogP contribution in [0.25, 0.3) is 11.8 Å². The first-order valence-electron chi connectivity index (χ1n) is 9.93. The topological polar surface area (TPSA) is 90.3 Å². The zero-order valence-corrected chi connectivity index (χ0v) is 19.7. The third-order valence-electron chi connectivity index (χ3n) is 4.58. The fourth-order valence-corrected chi connectivity index (χ4v) is 4.19. The van der Waals surface area contributed by atoms with Crippen LogP contribution in [0.15, 0.2) is 42.5 Å². The lowest BCUT2D eigenvalue weighted by Crippen LogP contribution is -2.22. The zero-order valence-electron chi connectivity index (χ0n) is 18.1. The minimum atomic E-state index is -0.993. The van der Waals surface area contributed by atoms with E-state index in [0.29, 0.717) is 28.4 Å². The van der Waals surface area contributed by atoms with Crippen LogP contribution in [-0.2, 0) is 20.9 Å². The van der Waals surface area contributed by atoms with Crippen molar-refractivity contribution in [1.29, 1.82) is 0 Å². The van der Waals surface area contributed by atoms with Crippen molar-refractivity contribution in [3.8, 4) is 5.69 Å². The molecule has 0 radical (unpaired) electrons. The molecule has 0 saturated heterocycles. The van der Waals surface area contributed by atoms with Crippen LogP contribution in [0, 0.1) is 12.7 Å². The summed E-state index contributed by atoms with van der Waals surface area (Å²) in [5.74, 6) is -1.59. The van der Waals surface area contributed by atoms with Crippen molar-refractivity contribution in [2.24, 2.45) is 0 Å². The molecule has 0 aliphatic carbocycles. The van der Waals surface area contributed by atoms with E-state index in [1.54, 1.807) is 19.1 Å². The average Bonchev–Trinajstić information content (AvgIpc) is 3.35. The van der Waals surface area contributed by atoms with Gasteiger partial charge in [0.2, 0.25) is 11.7 Å². The molecule has 7 nitrogen and oxygen atoms in total. The van der Waals surface area contributed by atoms with Crippen LogP contribution in [0.4, 0.5) is 4.39 Å². The number of rotatable bonds is 8. The number of hydrogen-bond donors (Lipinski definition) is 1. The molecular formula is C23H21ClFN3O4S. The Hall–Kier alpha value is -3.30. The van der Waals surface area contributed by atoms with Crippen molar-refractivity contribution in [2.75, 3.05) is 0 Å². The SMILES string of the molecule is CC(=O)NCc1ccc(C(=O)C(C)OC(=O)/C=C/c2c(C)nn(-c3ccc(F)cc3)c2Cl)s1. The first-order chi connectivity index (χ1) is 15.7. The Morgan fingerprint density at radius 1 is 1.24 bits per heavy atom. The number of aryl methyl sites for hydroxylation is 1. The Bertz CT molecular complexity index is 1220. The molecule has 3 aromatic rings. The highest BCUT2D eigenvalue weighted by atomic mass is 35.5.